The van der Waals surface area contributed by atoms with Crippen molar-refractivity contribution in [3.8, 4) is 0 Å². The monoisotopic (exact) mass is 258 g/mol. The van der Waals surface area contributed by atoms with E-state index in [0.717, 1.165) is 5.88 Å². The van der Waals surface area contributed by atoms with E-state index < -0.39 is 12.3 Å². The van der Waals surface area contributed by atoms with Crippen LogP contribution in [0.4, 0.5) is 9.59 Å². The third kappa shape index (κ3) is 122. The number of rotatable bonds is 5. The lowest BCUT2D eigenvalue weighted by molar-refractivity contribution is 0.135. The van der Waals surface area contributed by atoms with Gasteiger partial charge in [0.1, 0.15) is 0 Å². The number of halogens is 1. The SMILES string of the molecule is CCCCCCCCl.O=C(O)O.O=C(O)O. The first kappa shape index (κ1) is 20.3. The molecule has 7 heteroatoms. The average Bonchev–Trinajstić information content (AvgIpc) is 2.11. The van der Waals surface area contributed by atoms with Gasteiger partial charge >= 0.3 is 12.3 Å². The van der Waals surface area contributed by atoms with Gasteiger partial charge in [-0.2, -0.15) is 0 Å². The highest BCUT2D eigenvalue weighted by Crippen LogP contribution is 2.02. The molecule has 0 bridgehead atoms. The zero-order valence-corrected chi connectivity index (χ0v) is 9.98. The van der Waals surface area contributed by atoms with E-state index in [4.69, 9.17) is 41.6 Å². The smallest absolute Gasteiger partial charge is 0.450 e. The number of carboxylic acid groups (broad SMARTS) is 4. The van der Waals surface area contributed by atoms with Crippen LogP contribution in [0.2, 0.25) is 0 Å². The first-order valence-corrected chi connectivity index (χ1v) is 5.31. The Balaban J connectivity index is -0.000000179. The van der Waals surface area contributed by atoms with Crippen LogP contribution in [0.5, 0.6) is 0 Å². The molecule has 0 aliphatic heterocycles. The third-order valence-electron chi connectivity index (χ3n) is 1.24. The van der Waals surface area contributed by atoms with Crippen LogP contribution in [0.25, 0.3) is 0 Å². The zero-order valence-electron chi connectivity index (χ0n) is 9.23. The second-order valence-corrected chi connectivity index (χ2v) is 3.05. The maximum Gasteiger partial charge on any atom is 0.503 e. The van der Waals surface area contributed by atoms with E-state index in [0.29, 0.717) is 0 Å². The Labute approximate surface area is 99.5 Å². The van der Waals surface area contributed by atoms with Crippen molar-refractivity contribution < 1.29 is 30.0 Å². The van der Waals surface area contributed by atoms with Crippen LogP contribution in [0.15, 0.2) is 0 Å². The summed E-state index contributed by atoms with van der Waals surface area (Å²) in [7, 11) is 0. The van der Waals surface area contributed by atoms with Crippen molar-refractivity contribution >= 4 is 23.9 Å². The first-order chi connectivity index (χ1) is 7.38. The summed E-state index contributed by atoms with van der Waals surface area (Å²) in [6.45, 7) is 2.22. The highest BCUT2D eigenvalue weighted by atomic mass is 35.5. The summed E-state index contributed by atoms with van der Waals surface area (Å²) in [5.41, 5.74) is 0. The summed E-state index contributed by atoms with van der Waals surface area (Å²) >= 11 is 5.48. The lowest BCUT2D eigenvalue weighted by Crippen LogP contribution is -1.81. The minimum absolute atomic E-state index is 0.837. The first-order valence-electron chi connectivity index (χ1n) is 4.78. The molecular formula is C9H19ClO6. The number of hydrogen-bond acceptors (Lipinski definition) is 2. The van der Waals surface area contributed by atoms with Crippen LogP contribution >= 0.6 is 11.6 Å². The van der Waals surface area contributed by atoms with Gasteiger partial charge in [-0.1, -0.05) is 32.6 Å². The van der Waals surface area contributed by atoms with E-state index in [1.165, 1.54) is 32.1 Å². The molecule has 4 N–H and O–H groups in total. The highest BCUT2D eigenvalue weighted by molar-refractivity contribution is 6.17. The van der Waals surface area contributed by atoms with E-state index in [2.05, 4.69) is 6.92 Å². The summed E-state index contributed by atoms with van der Waals surface area (Å²) in [5.74, 6) is 0.837. The van der Waals surface area contributed by atoms with Crippen LogP contribution in [0.1, 0.15) is 39.0 Å². The molecule has 0 spiro atoms. The number of hydrogen-bond donors (Lipinski definition) is 4. The van der Waals surface area contributed by atoms with Gasteiger partial charge in [0.25, 0.3) is 0 Å². The Bertz CT molecular complexity index is 136. The molecular weight excluding hydrogens is 240 g/mol. The standard InChI is InChI=1S/C7H15Cl.2CH2O3/c1-2-3-4-5-6-7-8;2*2-1(3)4/h2-7H2,1H3;2*(H2,2,3,4). The van der Waals surface area contributed by atoms with Crippen LogP contribution in [-0.2, 0) is 0 Å². The molecule has 0 aromatic rings. The van der Waals surface area contributed by atoms with Crippen LogP contribution in [-0.4, -0.2) is 38.6 Å². The minimum atomic E-state index is -1.83. The highest BCUT2D eigenvalue weighted by Gasteiger charge is 1.84. The topological polar surface area (TPSA) is 115 Å². The molecule has 0 aliphatic rings. The molecule has 0 radical (unpaired) electrons. The van der Waals surface area contributed by atoms with Crippen molar-refractivity contribution in [3.05, 3.63) is 0 Å². The van der Waals surface area contributed by atoms with E-state index in [9.17, 15) is 0 Å². The molecule has 6 nitrogen and oxygen atoms in total. The van der Waals surface area contributed by atoms with E-state index in [-0.39, 0.29) is 0 Å². The van der Waals surface area contributed by atoms with Gasteiger partial charge in [-0.15, -0.1) is 11.6 Å². The molecule has 0 aromatic carbocycles. The molecule has 0 amide bonds. The lowest BCUT2D eigenvalue weighted by atomic mass is 10.2. The van der Waals surface area contributed by atoms with Crippen molar-refractivity contribution in [1.82, 2.24) is 0 Å². The fourth-order valence-corrected chi connectivity index (χ4v) is 0.887. The van der Waals surface area contributed by atoms with Crippen molar-refractivity contribution in [1.29, 1.82) is 0 Å². The molecule has 98 valence electrons. The zero-order chi connectivity index (χ0) is 13.4. The Kier molecular flexibility index (Phi) is 24.6. The number of alkyl halides is 1. The van der Waals surface area contributed by atoms with E-state index in [1.54, 1.807) is 0 Å². The van der Waals surface area contributed by atoms with Gasteiger partial charge in [-0.25, -0.2) is 9.59 Å². The largest absolute Gasteiger partial charge is 0.503 e. The van der Waals surface area contributed by atoms with Gasteiger partial charge in [0.05, 0.1) is 0 Å². The molecule has 0 saturated carbocycles. The van der Waals surface area contributed by atoms with Crippen molar-refractivity contribution in [2.24, 2.45) is 0 Å². The van der Waals surface area contributed by atoms with Crippen LogP contribution in [0, 0.1) is 0 Å². The van der Waals surface area contributed by atoms with Gasteiger partial charge in [0, 0.05) is 5.88 Å². The van der Waals surface area contributed by atoms with Gasteiger partial charge in [0.2, 0.25) is 0 Å². The van der Waals surface area contributed by atoms with Crippen LogP contribution in [0.3, 0.4) is 0 Å². The van der Waals surface area contributed by atoms with Crippen molar-refractivity contribution in [2.75, 3.05) is 5.88 Å². The molecule has 0 rings (SSSR count). The predicted molar refractivity (Wildman–Crippen MR) is 60.8 cm³/mol. The summed E-state index contributed by atoms with van der Waals surface area (Å²) in [6.07, 6.45) is 2.90. The Morgan fingerprint density at radius 3 is 1.44 bits per heavy atom. The maximum absolute atomic E-state index is 8.56. The van der Waals surface area contributed by atoms with E-state index >= 15 is 0 Å². The van der Waals surface area contributed by atoms with Gasteiger partial charge in [0.15, 0.2) is 0 Å². The maximum atomic E-state index is 8.56. The summed E-state index contributed by atoms with van der Waals surface area (Å²) in [5, 5.41) is 27.9. The lowest BCUT2D eigenvalue weighted by Gasteiger charge is -1.93. The van der Waals surface area contributed by atoms with Crippen molar-refractivity contribution in [2.45, 2.75) is 39.0 Å². The number of carbonyl (C=O) groups is 2. The van der Waals surface area contributed by atoms with Gasteiger partial charge < -0.3 is 20.4 Å². The molecule has 0 unspecified atom stereocenters. The predicted octanol–water partition coefficient (Wildman–Crippen LogP) is 3.64. The molecule has 0 fully saturated rings. The fraction of sp³-hybridized carbons (Fsp3) is 0.778. The van der Waals surface area contributed by atoms with Gasteiger partial charge in [-0.05, 0) is 6.42 Å². The van der Waals surface area contributed by atoms with Gasteiger partial charge in [-0.3, -0.25) is 0 Å². The molecule has 0 atom stereocenters. The van der Waals surface area contributed by atoms with E-state index in [1.807, 2.05) is 0 Å². The molecule has 0 heterocycles. The quantitative estimate of drug-likeness (QED) is 0.442. The summed E-state index contributed by atoms with van der Waals surface area (Å²) < 4.78 is 0. The summed E-state index contributed by atoms with van der Waals surface area (Å²) in [4.78, 5) is 17.1. The molecule has 0 aromatic heterocycles. The summed E-state index contributed by atoms with van der Waals surface area (Å²) in [6, 6.07) is 0. The van der Waals surface area contributed by atoms with Crippen molar-refractivity contribution in [3.63, 3.8) is 0 Å². The Morgan fingerprint density at radius 2 is 1.19 bits per heavy atom. The normalized spacial score (nSPS) is 7.88. The fourth-order valence-electron chi connectivity index (χ4n) is 0.698. The Morgan fingerprint density at radius 1 is 0.875 bits per heavy atom. The van der Waals surface area contributed by atoms with Crippen LogP contribution < -0.4 is 0 Å². The number of unbranched alkanes of at least 4 members (excludes halogenated alkanes) is 4. The average molecular weight is 259 g/mol. The minimum Gasteiger partial charge on any atom is -0.450 e. The second-order valence-electron chi connectivity index (χ2n) is 2.67. The molecule has 16 heavy (non-hydrogen) atoms. The molecule has 0 aliphatic carbocycles. The third-order valence-corrected chi connectivity index (χ3v) is 1.50. The molecule has 0 saturated heterocycles. The Hall–Kier alpha value is -1.17. The second kappa shape index (κ2) is 19.4.